The van der Waals surface area contributed by atoms with Crippen molar-refractivity contribution >= 4 is 16.2 Å². The zero-order valence-corrected chi connectivity index (χ0v) is 14.4. The van der Waals surface area contributed by atoms with E-state index in [4.69, 9.17) is 14.2 Å². The van der Waals surface area contributed by atoms with E-state index in [0.29, 0.717) is 5.57 Å². The molecular weight excluding hydrogens is 248 g/mol. The number of ether oxygens (including phenoxy) is 3. The molecule has 0 rings (SSSR count). The second kappa shape index (κ2) is 9.30. The van der Waals surface area contributed by atoms with Crippen LogP contribution in [0.2, 0.25) is 0 Å². The van der Waals surface area contributed by atoms with Crippen molar-refractivity contribution < 1.29 is 19.0 Å². The van der Waals surface area contributed by atoms with Crippen molar-refractivity contribution in [1.82, 2.24) is 0 Å². The number of rotatable bonds is 8. The number of carbonyl (C=O) groups excluding carboxylic acids is 1. The zero-order chi connectivity index (χ0) is 14.1. The van der Waals surface area contributed by atoms with Gasteiger partial charge in [-0.3, -0.25) is 0 Å². The minimum absolute atomic E-state index is 0.0591. The molecule has 0 aliphatic carbocycles. The maximum atomic E-state index is 11.9. The van der Waals surface area contributed by atoms with E-state index < -0.39 is 6.48 Å². The van der Waals surface area contributed by atoms with Crippen LogP contribution in [0.3, 0.4) is 0 Å². The summed E-state index contributed by atoms with van der Waals surface area (Å²) in [6.07, 6.45) is 1.54. The van der Waals surface area contributed by atoms with Crippen LogP contribution in [0.15, 0.2) is 11.3 Å². The van der Waals surface area contributed by atoms with Gasteiger partial charge in [-0.2, -0.15) is 0 Å². The van der Waals surface area contributed by atoms with Gasteiger partial charge in [0.05, 0.1) is 12.2 Å². The minimum Gasteiger partial charge on any atom is -0.407 e. The Morgan fingerprint density at radius 3 is 2.00 bits per heavy atom. The lowest BCUT2D eigenvalue weighted by molar-refractivity contribution is -0.296. The van der Waals surface area contributed by atoms with Gasteiger partial charge in [0, 0.05) is 15.8 Å². The highest BCUT2D eigenvalue weighted by Gasteiger charge is 2.20. The fourth-order valence-corrected chi connectivity index (χ4v) is 1.85. The predicted octanol–water partition coefficient (Wildman–Crippen LogP) is 1.71. The van der Waals surface area contributed by atoms with Crippen LogP contribution in [0.5, 0.6) is 0 Å². The van der Waals surface area contributed by atoms with E-state index in [1.165, 1.54) is 0 Å². The van der Waals surface area contributed by atoms with Gasteiger partial charge in [0.25, 0.3) is 0 Å². The molecule has 0 aliphatic rings. The largest absolute Gasteiger partial charge is 0.407 e. The maximum absolute atomic E-state index is 11.9. The standard InChI is InChI=1S/C13H26O4Si/c1-6-7-11(8-18)12(14)17-13(15-9(2)3)16-10(4)5/h8-10,13H,6-7H2,1-5,18H3. The SMILES string of the molecule is CCCC(=C[SiH3])C(=O)OC(OC(C)C)OC(C)C. The van der Waals surface area contributed by atoms with E-state index in [2.05, 4.69) is 0 Å². The second-order valence-electron chi connectivity index (χ2n) is 4.63. The first-order chi connectivity index (χ1) is 8.40. The molecule has 0 radical (unpaired) electrons. The minimum atomic E-state index is -0.925. The van der Waals surface area contributed by atoms with Gasteiger partial charge < -0.3 is 14.2 Å². The van der Waals surface area contributed by atoms with Crippen LogP contribution in [0.25, 0.3) is 0 Å². The summed E-state index contributed by atoms with van der Waals surface area (Å²) in [5.74, 6) is -0.335. The number of hydrogen-bond donors (Lipinski definition) is 0. The molecule has 0 saturated heterocycles. The first-order valence-electron chi connectivity index (χ1n) is 6.57. The van der Waals surface area contributed by atoms with Crippen molar-refractivity contribution in [2.75, 3.05) is 0 Å². The van der Waals surface area contributed by atoms with Gasteiger partial charge in [-0.1, -0.05) is 19.0 Å². The van der Waals surface area contributed by atoms with Crippen molar-refractivity contribution in [2.45, 2.75) is 66.1 Å². The molecule has 18 heavy (non-hydrogen) atoms. The van der Waals surface area contributed by atoms with E-state index in [0.717, 1.165) is 23.1 Å². The Kier molecular flexibility index (Phi) is 8.96. The molecule has 106 valence electrons. The topological polar surface area (TPSA) is 44.8 Å². The fraction of sp³-hybridized carbons (Fsp3) is 0.769. The second-order valence-corrected chi connectivity index (χ2v) is 5.20. The van der Waals surface area contributed by atoms with Crippen LogP contribution in [0.4, 0.5) is 0 Å². The summed E-state index contributed by atoms with van der Waals surface area (Å²) in [6, 6.07) is 0. The summed E-state index contributed by atoms with van der Waals surface area (Å²) in [6.45, 7) is 8.61. The Balaban J connectivity index is 4.50. The molecule has 0 heterocycles. The van der Waals surface area contributed by atoms with Crippen molar-refractivity contribution in [2.24, 2.45) is 0 Å². The molecule has 0 amide bonds. The van der Waals surface area contributed by atoms with Gasteiger partial charge in [0.15, 0.2) is 0 Å². The number of carbonyl (C=O) groups is 1. The van der Waals surface area contributed by atoms with Crippen molar-refractivity contribution in [1.29, 1.82) is 0 Å². The summed E-state index contributed by atoms with van der Waals surface area (Å²) in [4.78, 5) is 11.9. The van der Waals surface area contributed by atoms with E-state index >= 15 is 0 Å². The Hall–Kier alpha value is -0.653. The predicted molar refractivity (Wildman–Crippen MR) is 75.3 cm³/mol. The maximum Gasteiger partial charge on any atom is 0.337 e. The van der Waals surface area contributed by atoms with Gasteiger partial charge in [-0.15, -0.1) is 0 Å². The molecule has 0 atom stereocenters. The molecule has 0 aromatic carbocycles. The quantitative estimate of drug-likeness (QED) is 0.292. The molecule has 0 aromatic rings. The van der Waals surface area contributed by atoms with Crippen molar-refractivity contribution in [3.63, 3.8) is 0 Å². The Morgan fingerprint density at radius 1 is 1.17 bits per heavy atom. The van der Waals surface area contributed by atoms with Crippen LogP contribution in [0.1, 0.15) is 47.5 Å². The number of hydrogen-bond acceptors (Lipinski definition) is 4. The van der Waals surface area contributed by atoms with Crippen molar-refractivity contribution in [3.05, 3.63) is 11.3 Å². The van der Waals surface area contributed by atoms with E-state index in [-0.39, 0.29) is 18.2 Å². The third kappa shape index (κ3) is 7.63. The number of esters is 1. The van der Waals surface area contributed by atoms with Gasteiger partial charge in [-0.25, -0.2) is 4.79 Å². The fourth-order valence-electron chi connectivity index (χ4n) is 1.33. The smallest absolute Gasteiger partial charge is 0.337 e. The summed E-state index contributed by atoms with van der Waals surface area (Å²) >= 11 is 0. The molecular formula is C13H26O4Si. The highest BCUT2D eigenvalue weighted by molar-refractivity contribution is 6.19. The molecule has 4 nitrogen and oxygen atoms in total. The summed E-state index contributed by atoms with van der Waals surface area (Å²) in [7, 11) is 0.837. The van der Waals surface area contributed by atoms with E-state index in [1.54, 1.807) is 0 Å². The molecule has 0 N–H and O–H groups in total. The van der Waals surface area contributed by atoms with Crippen LogP contribution in [-0.4, -0.2) is 34.9 Å². The highest BCUT2D eigenvalue weighted by Crippen LogP contribution is 2.12. The van der Waals surface area contributed by atoms with Crippen LogP contribution in [0, 0.1) is 0 Å². The lowest BCUT2D eigenvalue weighted by atomic mass is 10.2. The molecule has 0 aliphatic heterocycles. The summed E-state index contributed by atoms with van der Waals surface area (Å²) in [5.41, 5.74) is 2.63. The van der Waals surface area contributed by atoms with Crippen LogP contribution < -0.4 is 0 Å². The van der Waals surface area contributed by atoms with E-state index in [9.17, 15) is 4.79 Å². The Bertz CT molecular complexity index is 264. The van der Waals surface area contributed by atoms with Gasteiger partial charge >= 0.3 is 12.4 Å². The summed E-state index contributed by atoms with van der Waals surface area (Å²) in [5, 5.41) is 0. The van der Waals surface area contributed by atoms with E-state index in [1.807, 2.05) is 40.3 Å². The summed E-state index contributed by atoms with van der Waals surface area (Å²) < 4.78 is 16.1. The third-order valence-corrected chi connectivity index (χ3v) is 2.80. The monoisotopic (exact) mass is 274 g/mol. The molecule has 0 spiro atoms. The van der Waals surface area contributed by atoms with Crippen molar-refractivity contribution in [3.8, 4) is 0 Å². The van der Waals surface area contributed by atoms with Crippen LogP contribution in [-0.2, 0) is 19.0 Å². The normalized spacial score (nSPS) is 12.8. The van der Waals surface area contributed by atoms with Gasteiger partial charge in [0.2, 0.25) is 0 Å². The zero-order valence-electron chi connectivity index (χ0n) is 12.4. The Morgan fingerprint density at radius 2 is 1.67 bits per heavy atom. The Labute approximate surface area is 113 Å². The van der Waals surface area contributed by atoms with Crippen LogP contribution >= 0.6 is 0 Å². The molecule has 0 fully saturated rings. The lowest BCUT2D eigenvalue weighted by Crippen LogP contribution is -2.30. The first-order valence-corrected chi connectivity index (χ1v) is 7.73. The molecule has 0 saturated carbocycles. The lowest BCUT2D eigenvalue weighted by Gasteiger charge is -2.22. The van der Waals surface area contributed by atoms with Gasteiger partial charge in [-0.05, 0) is 34.1 Å². The average Bonchev–Trinajstić information content (AvgIpc) is 2.23. The third-order valence-electron chi connectivity index (χ3n) is 2.10. The molecule has 0 bridgehead atoms. The van der Waals surface area contributed by atoms with Gasteiger partial charge in [0.1, 0.15) is 0 Å². The molecule has 0 unspecified atom stereocenters. The highest BCUT2D eigenvalue weighted by atomic mass is 28.1. The average molecular weight is 274 g/mol. The molecule has 0 aromatic heterocycles. The first kappa shape index (κ1) is 17.3. The molecule has 5 heteroatoms.